The van der Waals surface area contributed by atoms with Crippen LogP contribution in [0, 0.1) is 0 Å². The van der Waals surface area contributed by atoms with Gasteiger partial charge in [0.1, 0.15) is 0 Å². The monoisotopic (exact) mass is 815 g/mol. The van der Waals surface area contributed by atoms with Gasteiger partial charge in [0.15, 0.2) is 17.5 Å². The third kappa shape index (κ3) is 5.90. The lowest BCUT2D eigenvalue weighted by Crippen LogP contribution is -2.01. The summed E-state index contributed by atoms with van der Waals surface area (Å²) in [6, 6.07) is 80.0. The lowest BCUT2D eigenvalue weighted by Gasteiger charge is -2.12. The Morgan fingerprint density at radius 2 is 0.641 bits per heavy atom. The number of nitrogens with zero attached hydrogens (tertiary/aromatic N) is 5. The standard InChI is InChI=1S/C59H37N5/c1-2-18-47(19-3-1)63-53-23-10-8-21-49(53)51-36-42(29-31-55(51)63)43-30-32-56-52(37-43)50-22-9-11-24-54(50)64(56)48-20-12-17-44(35-48)57-60-58(45-27-25-38-13-4-6-15-40(38)33-45)62-59(61-57)46-28-26-39-14-5-7-16-41(39)34-46/h1-37H. The van der Waals surface area contributed by atoms with Gasteiger partial charge in [0.05, 0.1) is 22.1 Å². The number of fused-ring (bicyclic) bond motifs is 8. The number of rotatable bonds is 6. The van der Waals surface area contributed by atoms with E-state index in [2.05, 4.69) is 234 Å². The molecule has 0 aliphatic rings. The van der Waals surface area contributed by atoms with E-state index in [-0.39, 0.29) is 0 Å². The molecule has 298 valence electrons. The zero-order chi connectivity index (χ0) is 42.1. The van der Waals surface area contributed by atoms with Crippen molar-refractivity contribution in [1.29, 1.82) is 0 Å². The number of hydrogen-bond acceptors (Lipinski definition) is 3. The van der Waals surface area contributed by atoms with Gasteiger partial charge in [-0.1, -0.05) is 152 Å². The highest BCUT2D eigenvalue weighted by atomic mass is 15.0. The van der Waals surface area contributed by atoms with E-state index in [0.29, 0.717) is 17.5 Å². The first kappa shape index (κ1) is 36.0. The van der Waals surface area contributed by atoms with E-state index < -0.39 is 0 Å². The largest absolute Gasteiger partial charge is 0.309 e. The van der Waals surface area contributed by atoms with Crippen molar-refractivity contribution in [3.05, 3.63) is 224 Å². The van der Waals surface area contributed by atoms with E-state index >= 15 is 0 Å². The van der Waals surface area contributed by atoms with E-state index in [1.807, 2.05) is 0 Å². The second-order valence-corrected chi connectivity index (χ2v) is 16.5. The van der Waals surface area contributed by atoms with Crippen LogP contribution in [-0.4, -0.2) is 24.1 Å². The van der Waals surface area contributed by atoms with Crippen molar-refractivity contribution >= 4 is 65.2 Å². The Morgan fingerprint density at radius 3 is 1.19 bits per heavy atom. The molecule has 0 saturated heterocycles. The van der Waals surface area contributed by atoms with Gasteiger partial charge in [-0.3, -0.25) is 0 Å². The van der Waals surface area contributed by atoms with Gasteiger partial charge in [-0.25, -0.2) is 15.0 Å². The highest BCUT2D eigenvalue weighted by Gasteiger charge is 2.18. The normalized spacial score (nSPS) is 11.8. The highest BCUT2D eigenvalue weighted by Crippen LogP contribution is 2.39. The Bertz CT molecular complexity index is 3870. The summed E-state index contributed by atoms with van der Waals surface area (Å²) in [4.78, 5) is 15.5. The molecule has 0 N–H and O–H groups in total. The summed E-state index contributed by atoms with van der Waals surface area (Å²) in [5.74, 6) is 1.89. The average molecular weight is 816 g/mol. The van der Waals surface area contributed by atoms with Crippen LogP contribution in [0.15, 0.2) is 224 Å². The summed E-state index contributed by atoms with van der Waals surface area (Å²) in [5.41, 5.74) is 12.0. The molecule has 13 aromatic rings. The maximum absolute atomic E-state index is 5.19. The first-order valence-corrected chi connectivity index (χ1v) is 21.7. The maximum Gasteiger partial charge on any atom is 0.164 e. The lowest BCUT2D eigenvalue weighted by molar-refractivity contribution is 1.07. The first-order chi connectivity index (χ1) is 31.7. The molecular weight excluding hydrogens is 779 g/mol. The molecule has 0 atom stereocenters. The maximum atomic E-state index is 5.19. The van der Waals surface area contributed by atoms with Crippen molar-refractivity contribution in [2.24, 2.45) is 0 Å². The van der Waals surface area contributed by atoms with Crippen LogP contribution >= 0.6 is 0 Å². The van der Waals surface area contributed by atoms with E-state index in [9.17, 15) is 0 Å². The predicted octanol–water partition coefficient (Wildman–Crippen LogP) is 15.0. The van der Waals surface area contributed by atoms with Crippen LogP contribution in [0.2, 0.25) is 0 Å². The third-order valence-corrected chi connectivity index (χ3v) is 12.7. The fourth-order valence-electron chi connectivity index (χ4n) is 9.64. The van der Waals surface area contributed by atoms with Crippen molar-refractivity contribution < 1.29 is 0 Å². The lowest BCUT2D eigenvalue weighted by atomic mass is 10.0. The number of para-hydroxylation sites is 3. The number of aromatic nitrogens is 5. The molecule has 3 aromatic heterocycles. The molecule has 0 fully saturated rings. The Kier molecular flexibility index (Phi) is 8.15. The van der Waals surface area contributed by atoms with Crippen LogP contribution in [0.4, 0.5) is 0 Å². The minimum atomic E-state index is 0.621. The van der Waals surface area contributed by atoms with E-state index in [0.717, 1.165) is 49.9 Å². The molecule has 0 unspecified atom stereocenters. The van der Waals surface area contributed by atoms with Crippen molar-refractivity contribution in [2.45, 2.75) is 0 Å². The van der Waals surface area contributed by atoms with Crippen LogP contribution in [0.1, 0.15) is 0 Å². The highest BCUT2D eigenvalue weighted by molar-refractivity contribution is 6.12. The van der Waals surface area contributed by atoms with E-state index in [4.69, 9.17) is 15.0 Å². The minimum Gasteiger partial charge on any atom is -0.309 e. The van der Waals surface area contributed by atoms with Crippen molar-refractivity contribution in [2.75, 3.05) is 0 Å². The summed E-state index contributed by atoms with van der Waals surface area (Å²) in [6.45, 7) is 0. The molecule has 10 aromatic carbocycles. The fourth-order valence-corrected chi connectivity index (χ4v) is 9.64. The summed E-state index contributed by atoms with van der Waals surface area (Å²) < 4.78 is 4.73. The Balaban J connectivity index is 0.945. The smallest absolute Gasteiger partial charge is 0.164 e. The molecule has 13 rings (SSSR count). The Labute approximate surface area is 368 Å². The van der Waals surface area contributed by atoms with Gasteiger partial charge in [0.2, 0.25) is 0 Å². The Hall–Kier alpha value is -8.67. The average Bonchev–Trinajstić information content (AvgIpc) is 3.88. The van der Waals surface area contributed by atoms with Gasteiger partial charge in [-0.15, -0.1) is 0 Å². The van der Waals surface area contributed by atoms with Crippen LogP contribution < -0.4 is 0 Å². The van der Waals surface area contributed by atoms with Gasteiger partial charge in [0.25, 0.3) is 0 Å². The van der Waals surface area contributed by atoms with Crippen molar-refractivity contribution in [1.82, 2.24) is 24.1 Å². The van der Waals surface area contributed by atoms with E-state index in [1.54, 1.807) is 0 Å². The molecule has 0 spiro atoms. The predicted molar refractivity (Wildman–Crippen MR) is 265 cm³/mol. The van der Waals surface area contributed by atoms with E-state index in [1.165, 1.54) is 54.5 Å². The zero-order valence-electron chi connectivity index (χ0n) is 34.6. The first-order valence-electron chi connectivity index (χ1n) is 21.7. The van der Waals surface area contributed by atoms with Gasteiger partial charge < -0.3 is 9.13 Å². The Morgan fingerprint density at radius 1 is 0.234 bits per heavy atom. The molecule has 0 radical (unpaired) electrons. The molecule has 5 nitrogen and oxygen atoms in total. The molecule has 3 heterocycles. The van der Waals surface area contributed by atoms with Crippen LogP contribution in [0.25, 0.3) is 122 Å². The SMILES string of the molecule is c1ccc(-n2c3ccccc3c3cc(-c4ccc5c(c4)c4ccccc4n5-c4cccc(-c5nc(-c6ccc7ccccc7c6)nc(-c6ccc7ccccc7c6)n5)c4)ccc32)cc1. The number of benzene rings is 10. The summed E-state index contributed by atoms with van der Waals surface area (Å²) in [5, 5.41) is 9.51. The van der Waals surface area contributed by atoms with Gasteiger partial charge in [0, 0.05) is 49.6 Å². The summed E-state index contributed by atoms with van der Waals surface area (Å²) in [6.07, 6.45) is 0. The second-order valence-electron chi connectivity index (χ2n) is 16.5. The zero-order valence-corrected chi connectivity index (χ0v) is 34.6. The van der Waals surface area contributed by atoms with Crippen molar-refractivity contribution in [3.63, 3.8) is 0 Å². The quantitative estimate of drug-likeness (QED) is 0.168. The molecule has 0 aliphatic carbocycles. The van der Waals surface area contributed by atoms with Crippen LogP contribution in [0.5, 0.6) is 0 Å². The molecule has 0 aliphatic heterocycles. The second kappa shape index (κ2) is 14.5. The third-order valence-electron chi connectivity index (χ3n) is 12.7. The summed E-state index contributed by atoms with van der Waals surface area (Å²) in [7, 11) is 0. The van der Waals surface area contributed by atoms with Crippen molar-refractivity contribution in [3.8, 4) is 56.7 Å². The van der Waals surface area contributed by atoms with Gasteiger partial charge in [-0.05, 0) is 105 Å². The van der Waals surface area contributed by atoms with Crippen LogP contribution in [0.3, 0.4) is 0 Å². The molecular formula is C59H37N5. The van der Waals surface area contributed by atoms with Gasteiger partial charge in [-0.2, -0.15) is 0 Å². The molecule has 0 saturated carbocycles. The molecule has 5 heteroatoms. The summed E-state index contributed by atoms with van der Waals surface area (Å²) >= 11 is 0. The van der Waals surface area contributed by atoms with Crippen LogP contribution in [-0.2, 0) is 0 Å². The molecule has 64 heavy (non-hydrogen) atoms. The molecule has 0 amide bonds. The topological polar surface area (TPSA) is 48.5 Å². The molecule has 0 bridgehead atoms. The van der Waals surface area contributed by atoms with Gasteiger partial charge >= 0.3 is 0 Å². The number of hydrogen-bond donors (Lipinski definition) is 0. The fraction of sp³-hybridized carbons (Fsp3) is 0. The minimum absolute atomic E-state index is 0.621.